The molecule has 3 aromatic heterocycles. The van der Waals surface area contributed by atoms with Crippen LogP contribution in [0.5, 0.6) is 5.75 Å². The van der Waals surface area contributed by atoms with Crippen LogP contribution in [0.3, 0.4) is 0 Å². The van der Waals surface area contributed by atoms with Gasteiger partial charge in [-0.2, -0.15) is 0 Å². The fourth-order valence-electron chi connectivity index (χ4n) is 4.46. The molecule has 1 aliphatic heterocycles. The summed E-state index contributed by atoms with van der Waals surface area (Å²) in [6, 6.07) is 12.2. The van der Waals surface area contributed by atoms with Crippen LogP contribution in [0.2, 0.25) is 0 Å². The summed E-state index contributed by atoms with van der Waals surface area (Å²) in [7, 11) is 3.83. The molecule has 5 rings (SSSR count). The van der Waals surface area contributed by atoms with Crippen molar-refractivity contribution in [2.45, 2.75) is 19.6 Å². The van der Waals surface area contributed by atoms with Crippen molar-refractivity contribution in [1.82, 2.24) is 24.4 Å². The number of fused-ring (bicyclic) bond motifs is 1. The second kappa shape index (κ2) is 8.80. The van der Waals surface area contributed by atoms with Gasteiger partial charge in [-0.1, -0.05) is 6.07 Å². The number of methoxy groups -OCH3 is 1. The minimum Gasteiger partial charge on any atom is -0.497 e. The number of aryl methyl sites for hydroxylation is 1. The summed E-state index contributed by atoms with van der Waals surface area (Å²) < 4.78 is 13.9. The number of nitrogens with two attached hydrogens (primary N) is 1. The Balaban J connectivity index is 1.39. The van der Waals surface area contributed by atoms with E-state index in [2.05, 4.69) is 45.5 Å². The van der Waals surface area contributed by atoms with Crippen molar-refractivity contribution in [2.24, 2.45) is 7.05 Å². The third-order valence-electron chi connectivity index (χ3n) is 6.43. The number of pyridine rings is 1. The van der Waals surface area contributed by atoms with E-state index >= 15 is 0 Å². The molecule has 0 saturated carbocycles. The van der Waals surface area contributed by atoms with Crippen LogP contribution in [0.15, 0.2) is 48.8 Å². The van der Waals surface area contributed by atoms with E-state index in [1.165, 1.54) is 22.2 Å². The summed E-state index contributed by atoms with van der Waals surface area (Å²) >= 11 is 0. The predicted molar refractivity (Wildman–Crippen MR) is 128 cm³/mol. The number of ether oxygens (including phenoxy) is 2. The number of anilines is 1. The molecule has 1 atom stereocenters. The van der Waals surface area contributed by atoms with E-state index in [1.54, 1.807) is 19.5 Å². The SMILES string of the molecule is COc1ccc2c(c1)c(CN1CCOC(c3cccc(-c4cnc(N)nc4)n3)C1)c(C)n2C. The number of aromatic nitrogens is 4. The van der Waals surface area contributed by atoms with E-state index in [1.807, 2.05) is 24.3 Å². The Kier molecular flexibility index (Phi) is 5.70. The zero-order valence-corrected chi connectivity index (χ0v) is 19.2. The van der Waals surface area contributed by atoms with Crippen molar-refractivity contribution in [1.29, 1.82) is 0 Å². The Hall–Kier alpha value is -3.49. The summed E-state index contributed by atoms with van der Waals surface area (Å²) in [5, 5.41) is 1.24. The molecule has 0 spiro atoms. The van der Waals surface area contributed by atoms with E-state index in [0.29, 0.717) is 6.61 Å². The van der Waals surface area contributed by atoms with E-state index in [9.17, 15) is 0 Å². The van der Waals surface area contributed by atoms with Gasteiger partial charge < -0.3 is 19.8 Å². The van der Waals surface area contributed by atoms with Gasteiger partial charge in [0.15, 0.2) is 0 Å². The first kappa shape index (κ1) is 21.4. The first-order valence-electron chi connectivity index (χ1n) is 11.0. The second-order valence-corrected chi connectivity index (χ2v) is 8.38. The normalized spacial score (nSPS) is 16.9. The third kappa shape index (κ3) is 4.15. The lowest BCUT2D eigenvalue weighted by Gasteiger charge is -2.33. The van der Waals surface area contributed by atoms with Crippen molar-refractivity contribution >= 4 is 16.9 Å². The number of hydrogen-bond acceptors (Lipinski definition) is 7. The van der Waals surface area contributed by atoms with E-state index < -0.39 is 0 Å². The summed E-state index contributed by atoms with van der Waals surface area (Å²) in [6.45, 7) is 5.34. The molecule has 0 bridgehead atoms. The van der Waals surface area contributed by atoms with Gasteiger partial charge in [0.05, 0.1) is 25.1 Å². The Morgan fingerprint density at radius 3 is 2.79 bits per heavy atom. The van der Waals surface area contributed by atoms with E-state index in [4.69, 9.17) is 20.2 Å². The lowest BCUT2D eigenvalue weighted by Crippen LogP contribution is -2.38. The monoisotopic (exact) mass is 444 g/mol. The fourth-order valence-corrected chi connectivity index (χ4v) is 4.46. The van der Waals surface area contributed by atoms with Gasteiger partial charge in [0.1, 0.15) is 11.9 Å². The van der Waals surface area contributed by atoms with Gasteiger partial charge in [-0.3, -0.25) is 4.90 Å². The zero-order valence-electron chi connectivity index (χ0n) is 19.2. The molecule has 2 N–H and O–H groups in total. The number of rotatable bonds is 5. The zero-order chi connectivity index (χ0) is 22.9. The highest BCUT2D eigenvalue weighted by molar-refractivity contribution is 5.86. The minimum absolute atomic E-state index is 0.0989. The smallest absolute Gasteiger partial charge is 0.219 e. The third-order valence-corrected chi connectivity index (χ3v) is 6.43. The topological polar surface area (TPSA) is 91.3 Å². The van der Waals surface area contributed by atoms with Gasteiger partial charge in [-0.15, -0.1) is 0 Å². The molecule has 8 nitrogen and oxygen atoms in total. The van der Waals surface area contributed by atoms with Gasteiger partial charge >= 0.3 is 0 Å². The highest BCUT2D eigenvalue weighted by Gasteiger charge is 2.25. The van der Waals surface area contributed by atoms with Gasteiger partial charge in [0.2, 0.25) is 5.95 Å². The number of hydrogen-bond donors (Lipinski definition) is 1. The molecule has 0 aliphatic carbocycles. The summed E-state index contributed by atoms with van der Waals surface area (Å²) in [5.74, 6) is 1.13. The molecule has 1 unspecified atom stereocenters. The van der Waals surface area contributed by atoms with Crippen LogP contribution >= 0.6 is 0 Å². The summed E-state index contributed by atoms with van der Waals surface area (Å²) in [6.07, 6.45) is 3.29. The maximum absolute atomic E-state index is 6.12. The van der Waals surface area contributed by atoms with Crippen LogP contribution in [0.1, 0.15) is 23.1 Å². The van der Waals surface area contributed by atoms with E-state index in [-0.39, 0.29) is 12.1 Å². The predicted octanol–water partition coefficient (Wildman–Crippen LogP) is 3.50. The Morgan fingerprint density at radius 1 is 1.18 bits per heavy atom. The van der Waals surface area contributed by atoms with Gasteiger partial charge in [-0.05, 0) is 42.8 Å². The lowest BCUT2D eigenvalue weighted by molar-refractivity contribution is -0.0348. The number of benzene rings is 1. The van der Waals surface area contributed by atoms with Gasteiger partial charge in [0.25, 0.3) is 0 Å². The fraction of sp³-hybridized carbons (Fsp3) is 0.320. The van der Waals surface area contributed by atoms with Gasteiger partial charge in [-0.25, -0.2) is 15.0 Å². The molecule has 8 heteroatoms. The molecule has 4 aromatic rings. The first-order chi connectivity index (χ1) is 16.0. The Bertz CT molecular complexity index is 1280. The van der Waals surface area contributed by atoms with Crippen LogP contribution in [-0.2, 0) is 18.3 Å². The van der Waals surface area contributed by atoms with Crippen molar-refractivity contribution in [3.63, 3.8) is 0 Å². The molecular formula is C25H28N6O2. The van der Waals surface area contributed by atoms with Crippen molar-refractivity contribution < 1.29 is 9.47 Å². The second-order valence-electron chi connectivity index (χ2n) is 8.38. The number of morpholine rings is 1. The van der Waals surface area contributed by atoms with Crippen LogP contribution in [0, 0.1) is 6.92 Å². The minimum atomic E-state index is -0.0989. The van der Waals surface area contributed by atoms with Gasteiger partial charge in [0, 0.05) is 61.2 Å². The maximum Gasteiger partial charge on any atom is 0.219 e. The highest BCUT2D eigenvalue weighted by atomic mass is 16.5. The first-order valence-corrected chi connectivity index (χ1v) is 11.0. The quantitative estimate of drug-likeness (QED) is 0.504. The summed E-state index contributed by atoms with van der Waals surface area (Å²) in [4.78, 5) is 15.4. The van der Waals surface area contributed by atoms with Crippen LogP contribution in [0.25, 0.3) is 22.2 Å². The van der Waals surface area contributed by atoms with Crippen molar-refractivity contribution in [3.8, 4) is 17.0 Å². The molecule has 1 fully saturated rings. The molecule has 33 heavy (non-hydrogen) atoms. The van der Waals surface area contributed by atoms with Crippen molar-refractivity contribution in [2.75, 3.05) is 32.5 Å². The largest absolute Gasteiger partial charge is 0.497 e. The molecule has 4 heterocycles. The van der Waals surface area contributed by atoms with Crippen molar-refractivity contribution in [3.05, 3.63) is 65.7 Å². The molecular weight excluding hydrogens is 416 g/mol. The average molecular weight is 445 g/mol. The molecule has 0 radical (unpaired) electrons. The van der Waals surface area contributed by atoms with Crippen LogP contribution in [-0.4, -0.2) is 51.2 Å². The molecule has 1 aromatic carbocycles. The molecule has 1 aliphatic rings. The number of nitrogens with zero attached hydrogens (tertiary/aromatic N) is 5. The number of nitrogen functional groups attached to an aromatic ring is 1. The summed E-state index contributed by atoms with van der Waals surface area (Å²) in [5.41, 5.74) is 12.0. The Labute approximate surface area is 193 Å². The van der Waals surface area contributed by atoms with E-state index in [0.717, 1.165) is 42.3 Å². The molecule has 1 saturated heterocycles. The maximum atomic E-state index is 6.12. The Morgan fingerprint density at radius 2 is 2.00 bits per heavy atom. The average Bonchev–Trinajstić information content (AvgIpc) is 3.09. The van der Waals surface area contributed by atoms with Crippen LogP contribution < -0.4 is 10.5 Å². The molecule has 170 valence electrons. The van der Waals surface area contributed by atoms with Crippen LogP contribution in [0.4, 0.5) is 5.95 Å². The standard InChI is InChI=1S/C25H28N6O2/c1-16-20(19-11-18(32-3)7-8-23(19)30(16)2)14-31-9-10-33-24(15-31)22-6-4-5-21(29-22)17-12-27-25(26)28-13-17/h4-8,11-13,24H,9-10,14-15H2,1-3H3,(H2,26,27,28). The highest BCUT2D eigenvalue weighted by Crippen LogP contribution is 2.31. The molecule has 0 amide bonds. The lowest BCUT2D eigenvalue weighted by atomic mass is 10.1.